The van der Waals surface area contributed by atoms with Gasteiger partial charge >= 0.3 is 5.97 Å². The van der Waals surface area contributed by atoms with E-state index in [2.05, 4.69) is 31.3 Å². The largest absolute Gasteiger partial charge is 0.466 e. The molecule has 0 bridgehead atoms. The molecule has 2 atom stereocenters. The number of carbonyl (C=O) groups is 2. The Bertz CT molecular complexity index is 1180. The zero-order chi connectivity index (χ0) is 56.4. The van der Waals surface area contributed by atoms with Crippen molar-refractivity contribution in [1.82, 2.24) is 5.32 Å². The number of ether oxygens (including phenoxy) is 1. The van der Waals surface area contributed by atoms with Crippen LogP contribution in [0.1, 0.15) is 412 Å². The number of unbranched alkanes of at least 4 members (excludes halogenated alkanes) is 55. The van der Waals surface area contributed by atoms with Crippen LogP contribution in [0.5, 0.6) is 0 Å². The molecule has 0 aliphatic heterocycles. The van der Waals surface area contributed by atoms with Gasteiger partial charge in [-0.05, 0) is 51.4 Å². The van der Waals surface area contributed by atoms with Gasteiger partial charge in [-0.15, -0.1) is 0 Å². The molecule has 6 heteroatoms. The molecule has 0 aromatic carbocycles. The molecule has 0 aromatic heterocycles. The third-order valence-corrected chi connectivity index (χ3v) is 17.1. The van der Waals surface area contributed by atoms with E-state index in [4.69, 9.17) is 4.74 Å². The molecule has 0 radical (unpaired) electrons. The van der Waals surface area contributed by atoms with Crippen LogP contribution in [0.2, 0.25) is 0 Å². The van der Waals surface area contributed by atoms with Crippen LogP contribution in [-0.4, -0.2) is 47.4 Å². The number of aliphatic hydroxyl groups is 2. The molecule has 0 spiro atoms. The smallest absolute Gasteiger partial charge is 0.305 e. The summed E-state index contributed by atoms with van der Waals surface area (Å²) in [5.41, 5.74) is 0. The normalized spacial score (nSPS) is 12.5. The SMILES string of the molecule is CCCCCCCCCCCCCCCCCC(O)C(CO)NC(=O)CCCCCCCCCCCCCCCCCC/C=C\CCCCCCCCCCCCCCOC(=O)CCCCCCCCCCCCCCCC. The van der Waals surface area contributed by atoms with Gasteiger partial charge in [0.1, 0.15) is 0 Å². The van der Waals surface area contributed by atoms with Gasteiger partial charge in [0.15, 0.2) is 0 Å². The Morgan fingerprint density at radius 1 is 0.346 bits per heavy atom. The minimum absolute atomic E-state index is 0.0214. The van der Waals surface area contributed by atoms with Crippen LogP contribution >= 0.6 is 0 Å². The van der Waals surface area contributed by atoms with Crippen molar-refractivity contribution in [1.29, 1.82) is 0 Å². The number of allylic oxidation sites excluding steroid dienone is 2. The van der Waals surface area contributed by atoms with E-state index >= 15 is 0 Å². The molecule has 0 aliphatic rings. The van der Waals surface area contributed by atoms with E-state index < -0.39 is 12.1 Å². The second-order valence-electron chi connectivity index (χ2n) is 24.9. The highest BCUT2D eigenvalue weighted by Gasteiger charge is 2.20. The lowest BCUT2D eigenvalue weighted by Crippen LogP contribution is -2.45. The third kappa shape index (κ3) is 63.8. The molecule has 0 saturated heterocycles. The minimum Gasteiger partial charge on any atom is -0.466 e. The summed E-state index contributed by atoms with van der Waals surface area (Å²) >= 11 is 0. The van der Waals surface area contributed by atoms with Crippen LogP contribution in [0.4, 0.5) is 0 Å². The van der Waals surface area contributed by atoms with Crippen LogP contribution in [0, 0.1) is 0 Å². The Labute approximate surface area is 489 Å². The van der Waals surface area contributed by atoms with Gasteiger partial charge in [-0.3, -0.25) is 9.59 Å². The number of aliphatic hydroxyl groups excluding tert-OH is 2. The molecule has 3 N–H and O–H groups in total. The van der Waals surface area contributed by atoms with Crippen molar-refractivity contribution in [2.75, 3.05) is 13.2 Å². The molecule has 0 aliphatic carbocycles. The number of esters is 1. The zero-order valence-electron chi connectivity index (χ0n) is 53.2. The lowest BCUT2D eigenvalue weighted by atomic mass is 10.0. The number of hydrogen-bond donors (Lipinski definition) is 3. The lowest BCUT2D eigenvalue weighted by molar-refractivity contribution is -0.143. The predicted molar refractivity (Wildman–Crippen MR) is 343 cm³/mol. The van der Waals surface area contributed by atoms with Gasteiger partial charge in [0.25, 0.3) is 0 Å². The predicted octanol–water partition coefficient (Wildman–Crippen LogP) is 23.1. The molecule has 6 nitrogen and oxygen atoms in total. The quantitative estimate of drug-likeness (QED) is 0.0320. The highest BCUT2D eigenvalue weighted by atomic mass is 16.5. The Morgan fingerprint density at radius 3 is 0.910 bits per heavy atom. The third-order valence-electron chi connectivity index (χ3n) is 17.1. The van der Waals surface area contributed by atoms with Gasteiger partial charge in [0.2, 0.25) is 5.91 Å². The molecule has 2 unspecified atom stereocenters. The first kappa shape index (κ1) is 76.6. The first-order chi connectivity index (χ1) is 38.5. The maximum atomic E-state index is 12.5. The van der Waals surface area contributed by atoms with E-state index in [0.29, 0.717) is 25.9 Å². The summed E-state index contributed by atoms with van der Waals surface area (Å²) in [6.07, 6.45) is 84.1. The van der Waals surface area contributed by atoms with Gasteiger partial charge in [0.05, 0.1) is 25.4 Å². The van der Waals surface area contributed by atoms with E-state index in [1.54, 1.807) is 0 Å². The van der Waals surface area contributed by atoms with Crippen molar-refractivity contribution in [2.45, 2.75) is 424 Å². The summed E-state index contributed by atoms with van der Waals surface area (Å²) in [5, 5.41) is 23.3. The summed E-state index contributed by atoms with van der Waals surface area (Å²) < 4.78 is 5.50. The number of carbonyl (C=O) groups excluding carboxylic acids is 2. The first-order valence-corrected chi connectivity index (χ1v) is 35.9. The fourth-order valence-corrected chi connectivity index (χ4v) is 11.6. The molecular formula is C72H141NO5. The van der Waals surface area contributed by atoms with Crippen LogP contribution in [0.15, 0.2) is 12.2 Å². The molecule has 0 aromatic rings. The number of hydrogen-bond acceptors (Lipinski definition) is 5. The maximum Gasteiger partial charge on any atom is 0.305 e. The summed E-state index contributed by atoms with van der Waals surface area (Å²) in [6.45, 7) is 5.00. The number of amides is 1. The van der Waals surface area contributed by atoms with Crippen LogP contribution in [-0.2, 0) is 14.3 Å². The highest BCUT2D eigenvalue weighted by Crippen LogP contribution is 2.19. The van der Waals surface area contributed by atoms with Crippen molar-refractivity contribution in [2.24, 2.45) is 0 Å². The molecular weight excluding hydrogens is 959 g/mol. The van der Waals surface area contributed by atoms with Crippen LogP contribution < -0.4 is 5.32 Å². The summed E-state index contributed by atoms with van der Waals surface area (Å²) in [7, 11) is 0. The van der Waals surface area contributed by atoms with E-state index in [1.165, 1.54) is 340 Å². The Hall–Kier alpha value is -1.40. The molecule has 78 heavy (non-hydrogen) atoms. The lowest BCUT2D eigenvalue weighted by Gasteiger charge is -2.22. The Balaban J connectivity index is 3.33. The monoisotopic (exact) mass is 1100 g/mol. The summed E-state index contributed by atoms with van der Waals surface area (Å²) in [6, 6.07) is -0.538. The fourth-order valence-electron chi connectivity index (χ4n) is 11.6. The molecule has 464 valence electrons. The summed E-state index contributed by atoms with van der Waals surface area (Å²) in [4.78, 5) is 24.6. The van der Waals surface area contributed by atoms with Gasteiger partial charge in [0, 0.05) is 12.8 Å². The highest BCUT2D eigenvalue weighted by molar-refractivity contribution is 5.76. The Kier molecular flexibility index (Phi) is 66.9. The van der Waals surface area contributed by atoms with E-state index in [-0.39, 0.29) is 18.5 Å². The molecule has 0 rings (SSSR count). The molecule has 0 heterocycles. The first-order valence-electron chi connectivity index (χ1n) is 35.9. The van der Waals surface area contributed by atoms with Gasteiger partial charge in [-0.1, -0.05) is 360 Å². The molecule has 0 fully saturated rings. The average Bonchev–Trinajstić information content (AvgIpc) is 3.44. The second kappa shape index (κ2) is 68.1. The Morgan fingerprint density at radius 2 is 0.603 bits per heavy atom. The van der Waals surface area contributed by atoms with Gasteiger partial charge in [-0.2, -0.15) is 0 Å². The standard InChI is InChI=1S/C72H141NO5/c1-3-5-7-9-11-13-15-17-37-40-44-48-52-56-60-64-70(75)69(68-74)73-71(76)65-61-57-53-49-45-41-38-35-33-31-29-27-25-23-21-19-20-22-24-26-28-30-32-34-36-39-43-47-51-55-59-63-67-78-72(77)66-62-58-54-50-46-42-18-16-14-12-10-8-6-4-2/h22,24,69-70,74-75H,3-21,23,25-68H2,1-2H3,(H,73,76)/b24-22-. The van der Waals surface area contributed by atoms with Crippen molar-refractivity contribution < 1.29 is 24.5 Å². The fraction of sp³-hybridized carbons (Fsp3) is 0.944. The van der Waals surface area contributed by atoms with E-state index in [9.17, 15) is 19.8 Å². The van der Waals surface area contributed by atoms with Crippen molar-refractivity contribution in [3.05, 3.63) is 12.2 Å². The maximum absolute atomic E-state index is 12.5. The molecule has 1 amide bonds. The van der Waals surface area contributed by atoms with Crippen LogP contribution in [0.3, 0.4) is 0 Å². The minimum atomic E-state index is -0.661. The molecule has 0 saturated carbocycles. The zero-order valence-corrected chi connectivity index (χ0v) is 53.2. The van der Waals surface area contributed by atoms with Crippen LogP contribution in [0.25, 0.3) is 0 Å². The van der Waals surface area contributed by atoms with Gasteiger partial charge < -0.3 is 20.3 Å². The van der Waals surface area contributed by atoms with Crippen molar-refractivity contribution in [3.63, 3.8) is 0 Å². The number of rotatable bonds is 68. The average molecular weight is 1100 g/mol. The number of nitrogens with one attached hydrogen (secondary N) is 1. The van der Waals surface area contributed by atoms with Crippen molar-refractivity contribution in [3.8, 4) is 0 Å². The second-order valence-corrected chi connectivity index (χ2v) is 24.9. The van der Waals surface area contributed by atoms with E-state index in [1.807, 2.05) is 0 Å². The van der Waals surface area contributed by atoms with E-state index in [0.717, 1.165) is 38.5 Å². The van der Waals surface area contributed by atoms with Crippen molar-refractivity contribution >= 4 is 11.9 Å². The summed E-state index contributed by atoms with van der Waals surface area (Å²) in [5.74, 6) is -0.00753. The van der Waals surface area contributed by atoms with Gasteiger partial charge in [-0.25, -0.2) is 0 Å². The topological polar surface area (TPSA) is 95.9 Å².